The van der Waals surface area contributed by atoms with E-state index in [4.69, 9.17) is 5.11 Å². The lowest BCUT2D eigenvalue weighted by Gasteiger charge is -2.21. The lowest BCUT2D eigenvalue weighted by atomic mass is 10.0. The fourth-order valence-corrected chi connectivity index (χ4v) is 1.37. The summed E-state index contributed by atoms with van der Waals surface area (Å²) in [5.74, 6) is 0.776. The largest absolute Gasteiger partial charge is 0.395 e. The Kier molecular flexibility index (Phi) is 7.29. The van der Waals surface area contributed by atoms with E-state index in [1.54, 1.807) is 0 Å². The van der Waals surface area contributed by atoms with Gasteiger partial charge in [-0.2, -0.15) is 0 Å². The molecule has 0 spiro atoms. The van der Waals surface area contributed by atoms with Crippen molar-refractivity contribution in [2.45, 2.75) is 59.0 Å². The van der Waals surface area contributed by atoms with Gasteiger partial charge in [-0.05, 0) is 32.1 Å². The van der Waals surface area contributed by atoms with Crippen LogP contribution in [0.1, 0.15) is 47.0 Å². The van der Waals surface area contributed by atoms with E-state index in [0.29, 0.717) is 6.04 Å². The maximum Gasteiger partial charge on any atom is 0.0584 e. The molecule has 0 aliphatic carbocycles. The molecule has 13 heavy (non-hydrogen) atoms. The second-order valence-corrected chi connectivity index (χ2v) is 4.33. The summed E-state index contributed by atoms with van der Waals surface area (Å²) >= 11 is 0. The number of aliphatic hydroxyl groups excluding tert-OH is 1. The van der Waals surface area contributed by atoms with E-state index in [0.717, 1.165) is 12.3 Å². The van der Waals surface area contributed by atoms with Crippen molar-refractivity contribution in [3.63, 3.8) is 0 Å². The molecule has 0 radical (unpaired) electrons. The van der Waals surface area contributed by atoms with Crippen LogP contribution in [0, 0.1) is 5.92 Å². The monoisotopic (exact) mass is 187 g/mol. The third-order valence-corrected chi connectivity index (χ3v) is 2.41. The summed E-state index contributed by atoms with van der Waals surface area (Å²) in [6.07, 6.45) is 3.46. The molecule has 0 bridgehead atoms. The van der Waals surface area contributed by atoms with Crippen molar-refractivity contribution in [2.24, 2.45) is 5.92 Å². The zero-order chi connectivity index (χ0) is 10.3. The molecule has 0 aromatic carbocycles. The highest BCUT2D eigenvalue weighted by atomic mass is 16.3. The van der Waals surface area contributed by atoms with Gasteiger partial charge in [-0.15, -0.1) is 0 Å². The summed E-state index contributed by atoms with van der Waals surface area (Å²) in [5.41, 5.74) is 0. The minimum atomic E-state index is 0.252. The van der Waals surface area contributed by atoms with Crippen molar-refractivity contribution in [1.82, 2.24) is 5.32 Å². The van der Waals surface area contributed by atoms with Gasteiger partial charge in [0.05, 0.1) is 6.61 Å². The third-order valence-electron chi connectivity index (χ3n) is 2.41. The van der Waals surface area contributed by atoms with E-state index in [2.05, 4.69) is 33.0 Å². The molecule has 80 valence electrons. The Morgan fingerprint density at radius 3 is 2.15 bits per heavy atom. The van der Waals surface area contributed by atoms with Crippen molar-refractivity contribution in [1.29, 1.82) is 0 Å². The highest BCUT2D eigenvalue weighted by Crippen LogP contribution is 2.07. The van der Waals surface area contributed by atoms with Gasteiger partial charge in [0.25, 0.3) is 0 Å². The van der Waals surface area contributed by atoms with Gasteiger partial charge in [-0.25, -0.2) is 0 Å². The van der Waals surface area contributed by atoms with Gasteiger partial charge in [0.1, 0.15) is 0 Å². The van der Waals surface area contributed by atoms with E-state index >= 15 is 0 Å². The third kappa shape index (κ3) is 7.03. The molecular weight excluding hydrogens is 162 g/mol. The van der Waals surface area contributed by atoms with Crippen LogP contribution in [0.2, 0.25) is 0 Å². The first-order valence-corrected chi connectivity index (χ1v) is 5.47. The Bertz CT molecular complexity index is 111. The molecule has 0 aromatic heterocycles. The van der Waals surface area contributed by atoms with Gasteiger partial charge in [-0.1, -0.05) is 20.8 Å². The zero-order valence-electron chi connectivity index (χ0n) is 9.51. The SMILES string of the molecule is CCC(CO)NC(C)CCC(C)C. The fourth-order valence-electron chi connectivity index (χ4n) is 1.37. The summed E-state index contributed by atoms with van der Waals surface area (Å²) in [7, 11) is 0. The van der Waals surface area contributed by atoms with E-state index in [1.165, 1.54) is 12.8 Å². The average molecular weight is 187 g/mol. The van der Waals surface area contributed by atoms with Crippen LogP contribution >= 0.6 is 0 Å². The number of nitrogens with one attached hydrogen (secondary N) is 1. The molecule has 0 aliphatic rings. The van der Waals surface area contributed by atoms with Crippen molar-refractivity contribution in [3.8, 4) is 0 Å². The number of hydrogen-bond donors (Lipinski definition) is 2. The van der Waals surface area contributed by atoms with Gasteiger partial charge in [0.2, 0.25) is 0 Å². The van der Waals surface area contributed by atoms with Crippen molar-refractivity contribution in [2.75, 3.05) is 6.61 Å². The molecule has 2 unspecified atom stereocenters. The van der Waals surface area contributed by atoms with Crippen LogP contribution in [0.4, 0.5) is 0 Å². The molecule has 0 amide bonds. The van der Waals surface area contributed by atoms with E-state index in [9.17, 15) is 0 Å². The molecule has 2 N–H and O–H groups in total. The summed E-state index contributed by atoms with van der Waals surface area (Å²) < 4.78 is 0. The summed E-state index contributed by atoms with van der Waals surface area (Å²) in [4.78, 5) is 0. The van der Waals surface area contributed by atoms with Gasteiger partial charge in [-0.3, -0.25) is 0 Å². The van der Waals surface area contributed by atoms with Crippen LogP contribution in [0.25, 0.3) is 0 Å². The standard InChI is InChI=1S/C11H25NO/c1-5-11(8-13)12-10(4)7-6-9(2)3/h9-13H,5-8H2,1-4H3. The Morgan fingerprint density at radius 2 is 1.77 bits per heavy atom. The lowest BCUT2D eigenvalue weighted by Crippen LogP contribution is -2.38. The second-order valence-electron chi connectivity index (χ2n) is 4.33. The first-order valence-electron chi connectivity index (χ1n) is 5.47. The number of aliphatic hydroxyl groups is 1. The van der Waals surface area contributed by atoms with Gasteiger partial charge in [0, 0.05) is 12.1 Å². The van der Waals surface area contributed by atoms with Crippen LogP contribution < -0.4 is 5.32 Å². The zero-order valence-corrected chi connectivity index (χ0v) is 9.51. The topological polar surface area (TPSA) is 32.3 Å². The molecule has 0 rings (SSSR count). The van der Waals surface area contributed by atoms with Crippen molar-refractivity contribution < 1.29 is 5.11 Å². The van der Waals surface area contributed by atoms with E-state index < -0.39 is 0 Å². The Balaban J connectivity index is 3.53. The maximum atomic E-state index is 8.99. The van der Waals surface area contributed by atoms with Crippen LogP contribution in [0.5, 0.6) is 0 Å². The summed E-state index contributed by atoms with van der Waals surface area (Å²) in [5, 5.41) is 12.4. The minimum absolute atomic E-state index is 0.252. The smallest absolute Gasteiger partial charge is 0.0584 e. The van der Waals surface area contributed by atoms with Crippen molar-refractivity contribution in [3.05, 3.63) is 0 Å². The molecule has 0 fully saturated rings. The first kappa shape index (κ1) is 12.9. The molecule has 0 aliphatic heterocycles. The number of rotatable bonds is 7. The fraction of sp³-hybridized carbons (Fsp3) is 1.00. The van der Waals surface area contributed by atoms with Crippen LogP contribution in [-0.4, -0.2) is 23.8 Å². The van der Waals surface area contributed by atoms with E-state index in [1.807, 2.05) is 0 Å². The molecule has 0 heterocycles. The molecule has 0 saturated carbocycles. The predicted octanol–water partition coefficient (Wildman–Crippen LogP) is 2.17. The van der Waals surface area contributed by atoms with Crippen molar-refractivity contribution >= 4 is 0 Å². The molecule has 2 atom stereocenters. The first-order chi connectivity index (χ1) is 6.10. The normalized spacial score (nSPS) is 16.2. The predicted molar refractivity (Wildman–Crippen MR) is 57.8 cm³/mol. The van der Waals surface area contributed by atoms with Crippen LogP contribution in [0.3, 0.4) is 0 Å². The Hall–Kier alpha value is -0.0800. The summed E-state index contributed by atoms with van der Waals surface area (Å²) in [6, 6.07) is 0.807. The van der Waals surface area contributed by atoms with E-state index in [-0.39, 0.29) is 12.6 Å². The van der Waals surface area contributed by atoms with Gasteiger partial charge < -0.3 is 10.4 Å². The molecule has 0 saturated heterocycles. The molecule has 0 aromatic rings. The highest BCUT2D eigenvalue weighted by molar-refractivity contribution is 4.69. The van der Waals surface area contributed by atoms with Gasteiger partial charge in [0.15, 0.2) is 0 Å². The molecule has 2 heteroatoms. The van der Waals surface area contributed by atoms with Crippen LogP contribution in [-0.2, 0) is 0 Å². The minimum Gasteiger partial charge on any atom is -0.395 e. The Morgan fingerprint density at radius 1 is 1.15 bits per heavy atom. The lowest BCUT2D eigenvalue weighted by molar-refractivity contribution is 0.226. The quantitative estimate of drug-likeness (QED) is 0.640. The van der Waals surface area contributed by atoms with Gasteiger partial charge >= 0.3 is 0 Å². The Labute approximate surface area is 82.7 Å². The molecular formula is C11H25NO. The number of hydrogen-bond acceptors (Lipinski definition) is 2. The second kappa shape index (κ2) is 7.34. The molecule has 2 nitrogen and oxygen atoms in total. The highest BCUT2D eigenvalue weighted by Gasteiger charge is 2.08. The summed E-state index contributed by atoms with van der Waals surface area (Å²) in [6.45, 7) is 9.04. The van der Waals surface area contributed by atoms with Crippen LogP contribution in [0.15, 0.2) is 0 Å². The maximum absolute atomic E-state index is 8.99. The average Bonchev–Trinajstić information content (AvgIpc) is 2.10.